The molecule has 4 aromatic rings. The van der Waals surface area contributed by atoms with Crippen molar-refractivity contribution >= 4 is 49.9 Å². The monoisotopic (exact) mass is 438 g/mol. The Morgan fingerprint density at radius 2 is 1.89 bits per heavy atom. The van der Waals surface area contributed by atoms with Gasteiger partial charge in [0.05, 0.1) is 22.8 Å². The lowest BCUT2D eigenvalue weighted by Gasteiger charge is -2.11. The van der Waals surface area contributed by atoms with E-state index in [9.17, 15) is 4.79 Å². The predicted molar refractivity (Wildman–Crippen MR) is 114 cm³/mol. The number of nitrogen functional groups attached to an aromatic ring is 1. The molecule has 7 heteroatoms. The first-order valence-corrected chi connectivity index (χ1v) is 9.82. The van der Waals surface area contributed by atoms with Crippen LogP contribution in [0.5, 0.6) is 0 Å². The van der Waals surface area contributed by atoms with Gasteiger partial charge in [-0.25, -0.2) is 14.8 Å². The van der Waals surface area contributed by atoms with Crippen LogP contribution >= 0.6 is 15.9 Å². The lowest BCUT2D eigenvalue weighted by atomic mass is 10.2. The molecule has 4 rings (SSSR count). The summed E-state index contributed by atoms with van der Waals surface area (Å²) in [5.41, 5.74) is 9.85. The minimum absolute atomic E-state index is 0.218. The molecule has 2 heterocycles. The number of benzene rings is 2. The second-order valence-corrected chi connectivity index (χ2v) is 7.50. The van der Waals surface area contributed by atoms with E-state index in [1.807, 2.05) is 62.4 Å². The van der Waals surface area contributed by atoms with Gasteiger partial charge in [-0.15, -0.1) is 0 Å². The molecule has 2 N–H and O–H groups in total. The molecule has 0 fully saturated rings. The molecule has 0 bridgehead atoms. The third-order valence-corrected chi connectivity index (χ3v) is 5.14. The number of carbonyl (C=O) groups is 1. The number of hydrogen-bond donors (Lipinski definition) is 1. The summed E-state index contributed by atoms with van der Waals surface area (Å²) in [5, 5.41) is 0. The maximum Gasteiger partial charge on any atom is 0.344 e. The zero-order chi connectivity index (χ0) is 19.8. The second-order valence-electron chi connectivity index (χ2n) is 6.58. The van der Waals surface area contributed by atoms with Crippen molar-refractivity contribution in [2.24, 2.45) is 0 Å². The minimum atomic E-state index is -0.491. The van der Waals surface area contributed by atoms with E-state index < -0.39 is 5.97 Å². The lowest BCUT2D eigenvalue weighted by molar-refractivity contribution is 0.0338. The average molecular weight is 439 g/mol. The van der Waals surface area contributed by atoms with Gasteiger partial charge in [0.1, 0.15) is 16.9 Å². The van der Waals surface area contributed by atoms with E-state index in [-0.39, 0.29) is 17.5 Å². The first-order valence-electron chi connectivity index (χ1n) is 9.03. The Morgan fingerprint density at radius 3 is 2.57 bits per heavy atom. The van der Waals surface area contributed by atoms with Crippen LogP contribution in [0.3, 0.4) is 0 Å². The summed E-state index contributed by atoms with van der Waals surface area (Å²) in [6, 6.07) is 15.2. The smallest absolute Gasteiger partial charge is 0.344 e. The number of halogens is 1. The molecule has 0 radical (unpaired) electrons. The van der Waals surface area contributed by atoms with Gasteiger partial charge in [0, 0.05) is 4.47 Å². The zero-order valence-corrected chi connectivity index (χ0v) is 17.1. The fourth-order valence-electron chi connectivity index (χ4n) is 3.06. The standard InChI is InChI=1S/C21H19BrN4O2/c1-3-12(2)28-21(27)17-18-20(25-16-10-5-4-9-15(16)24-18)26(19(17)23)14-8-6-7-13(22)11-14/h4-12H,3,23H2,1-2H3/t12-/m0/s1. The van der Waals surface area contributed by atoms with Crippen LogP contribution in [0.25, 0.3) is 27.9 Å². The summed E-state index contributed by atoms with van der Waals surface area (Å²) in [4.78, 5) is 22.3. The second kappa shape index (κ2) is 7.24. The molecule has 2 aromatic heterocycles. The maximum absolute atomic E-state index is 12.9. The number of aromatic nitrogens is 3. The summed E-state index contributed by atoms with van der Waals surface area (Å²) in [6.07, 6.45) is 0.495. The van der Waals surface area contributed by atoms with Crippen LogP contribution in [0, 0.1) is 0 Å². The van der Waals surface area contributed by atoms with Crippen LogP contribution < -0.4 is 5.73 Å². The number of carbonyl (C=O) groups excluding carboxylic acids is 1. The highest BCUT2D eigenvalue weighted by molar-refractivity contribution is 9.10. The number of nitrogens with two attached hydrogens (primary N) is 1. The number of anilines is 1. The molecule has 0 aliphatic carbocycles. The van der Waals surface area contributed by atoms with Crippen LogP contribution in [-0.2, 0) is 4.74 Å². The van der Waals surface area contributed by atoms with Crippen LogP contribution in [0.15, 0.2) is 53.0 Å². The van der Waals surface area contributed by atoms with E-state index in [2.05, 4.69) is 20.9 Å². The Kier molecular flexibility index (Phi) is 4.77. The Labute approximate surface area is 170 Å². The molecule has 0 saturated carbocycles. The number of para-hydroxylation sites is 2. The fraction of sp³-hybridized carbons (Fsp3) is 0.190. The summed E-state index contributed by atoms with van der Waals surface area (Å²) in [7, 11) is 0. The minimum Gasteiger partial charge on any atom is -0.459 e. The maximum atomic E-state index is 12.9. The molecule has 28 heavy (non-hydrogen) atoms. The zero-order valence-electron chi connectivity index (χ0n) is 15.5. The number of ether oxygens (including phenoxy) is 1. The predicted octanol–water partition coefficient (Wildman–Crippen LogP) is 4.87. The van der Waals surface area contributed by atoms with Gasteiger partial charge in [0.15, 0.2) is 5.65 Å². The highest BCUT2D eigenvalue weighted by atomic mass is 79.9. The van der Waals surface area contributed by atoms with Crippen molar-refractivity contribution in [1.29, 1.82) is 0 Å². The van der Waals surface area contributed by atoms with Crippen LogP contribution in [0.2, 0.25) is 0 Å². The quantitative estimate of drug-likeness (QED) is 0.459. The largest absolute Gasteiger partial charge is 0.459 e. The fourth-order valence-corrected chi connectivity index (χ4v) is 3.45. The van der Waals surface area contributed by atoms with Crippen molar-refractivity contribution in [1.82, 2.24) is 14.5 Å². The average Bonchev–Trinajstić information content (AvgIpc) is 2.96. The molecule has 2 aromatic carbocycles. The molecule has 1 atom stereocenters. The Bertz CT molecular complexity index is 1200. The number of fused-ring (bicyclic) bond motifs is 2. The van der Waals surface area contributed by atoms with E-state index >= 15 is 0 Å². The Morgan fingerprint density at radius 1 is 1.18 bits per heavy atom. The van der Waals surface area contributed by atoms with Crippen molar-refractivity contribution in [3.8, 4) is 5.69 Å². The van der Waals surface area contributed by atoms with E-state index in [4.69, 9.17) is 15.5 Å². The van der Waals surface area contributed by atoms with Crippen molar-refractivity contribution in [3.05, 3.63) is 58.6 Å². The van der Waals surface area contributed by atoms with E-state index in [0.717, 1.165) is 15.7 Å². The molecular formula is C21H19BrN4O2. The highest BCUT2D eigenvalue weighted by Gasteiger charge is 2.26. The van der Waals surface area contributed by atoms with Crippen molar-refractivity contribution in [3.63, 3.8) is 0 Å². The topological polar surface area (TPSA) is 83.0 Å². The summed E-state index contributed by atoms with van der Waals surface area (Å²) >= 11 is 3.48. The number of esters is 1. The van der Waals surface area contributed by atoms with E-state index in [0.29, 0.717) is 23.1 Å². The van der Waals surface area contributed by atoms with Gasteiger partial charge < -0.3 is 10.5 Å². The first-order chi connectivity index (χ1) is 13.5. The van der Waals surface area contributed by atoms with Crippen molar-refractivity contribution < 1.29 is 9.53 Å². The third-order valence-electron chi connectivity index (χ3n) is 4.65. The van der Waals surface area contributed by atoms with Crippen molar-refractivity contribution in [2.45, 2.75) is 26.4 Å². The third kappa shape index (κ3) is 3.11. The van der Waals surface area contributed by atoms with Crippen molar-refractivity contribution in [2.75, 3.05) is 5.73 Å². The summed E-state index contributed by atoms with van der Waals surface area (Å²) < 4.78 is 8.19. The Balaban J connectivity index is 2.04. The normalized spacial score (nSPS) is 12.4. The number of hydrogen-bond acceptors (Lipinski definition) is 5. The van der Waals surface area contributed by atoms with Gasteiger partial charge in [0.2, 0.25) is 0 Å². The molecule has 0 unspecified atom stereocenters. The van der Waals surface area contributed by atoms with Gasteiger partial charge >= 0.3 is 5.97 Å². The number of nitrogens with zero attached hydrogens (tertiary/aromatic N) is 3. The van der Waals surface area contributed by atoms with Gasteiger partial charge in [-0.1, -0.05) is 41.1 Å². The summed E-state index contributed by atoms with van der Waals surface area (Å²) in [6.45, 7) is 3.81. The molecule has 142 valence electrons. The van der Waals surface area contributed by atoms with E-state index in [1.54, 1.807) is 4.57 Å². The van der Waals surface area contributed by atoms with Gasteiger partial charge in [-0.3, -0.25) is 4.57 Å². The molecule has 0 saturated heterocycles. The van der Waals surface area contributed by atoms with Gasteiger partial charge in [-0.05, 0) is 43.7 Å². The molecule has 0 aliphatic rings. The molecule has 0 amide bonds. The molecule has 6 nitrogen and oxygen atoms in total. The lowest BCUT2D eigenvalue weighted by Crippen LogP contribution is -2.15. The van der Waals surface area contributed by atoms with Crippen LogP contribution in [-0.4, -0.2) is 26.6 Å². The first kappa shape index (κ1) is 18.4. The van der Waals surface area contributed by atoms with Crippen LogP contribution in [0.1, 0.15) is 30.6 Å². The number of rotatable bonds is 4. The van der Waals surface area contributed by atoms with E-state index in [1.165, 1.54) is 0 Å². The van der Waals surface area contributed by atoms with Crippen LogP contribution in [0.4, 0.5) is 5.82 Å². The molecule has 0 aliphatic heterocycles. The Hall–Kier alpha value is -2.93. The molecule has 0 spiro atoms. The summed E-state index contributed by atoms with van der Waals surface area (Å²) in [5.74, 6) is -0.230. The SMILES string of the molecule is CC[C@H](C)OC(=O)c1c(N)n(-c2cccc(Br)c2)c2nc3ccccc3nc12. The van der Waals surface area contributed by atoms with Gasteiger partial charge in [-0.2, -0.15) is 0 Å². The molecular weight excluding hydrogens is 420 g/mol. The van der Waals surface area contributed by atoms with Gasteiger partial charge in [0.25, 0.3) is 0 Å². The highest BCUT2D eigenvalue weighted by Crippen LogP contribution is 2.32.